The number of hydrogen-bond donors (Lipinski definition) is 0. The summed E-state index contributed by atoms with van der Waals surface area (Å²) in [6.45, 7) is 0. The van der Waals surface area contributed by atoms with Crippen molar-refractivity contribution in [3.05, 3.63) is 40.8 Å². The quantitative estimate of drug-likeness (QED) is 0.705. The summed E-state index contributed by atoms with van der Waals surface area (Å²) >= 11 is 5.10. The minimum absolute atomic E-state index is 0.544. The van der Waals surface area contributed by atoms with Crippen LogP contribution in [-0.4, -0.2) is 35.1 Å². The fourth-order valence-corrected chi connectivity index (χ4v) is 1.49. The van der Waals surface area contributed by atoms with Crippen LogP contribution in [0.2, 0.25) is 0 Å². The molecule has 0 N–H and O–H groups in total. The molecular formula is C11H10N5S-. The molecule has 5 nitrogen and oxygen atoms in total. The van der Waals surface area contributed by atoms with Gasteiger partial charge in [-0.1, -0.05) is 12.1 Å². The molecule has 17 heavy (non-hydrogen) atoms. The Labute approximate surface area is 105 Å². The zero-order chi connectivity index (χ0) is 12.4. The largest absolute Gasteiger partial charge is 0.371 e. The number of benzene rings is 1. The van der Waals surface area contributed by atoms with Gasteiger partial charge in [0.2, 0.25) is 0 Å². The van der Waals surface area contributed by atoms with E-state index in [0.717, 1.165) is 5.56 Å². The Morgan fingerprint density at radius 3 is 2.47 bits per heavy atom. The standard InChI is InChI=1S/C11H10N5S/c1-15-11(17)16(2)14-10(13-15)9-5-3-8(7-12)4-6-9/h3-6H,1-2H3/q-1. The van der Waals surface area contributed by atoms with Gasteiger partial charge in [0.05, 0.1) is 11.6 Å². The molecule has 1 heterocycles. The molecule has 0 bridgehead atoms. The summed E-state index contributed by atoms with van der Waals surface area (Å²) in [5, 5.41) is 16.7. The summed E-state index contributed by atoms with van der Waals surface area (Å²) in [6, 6.07) is 9.18. The molecule has 1 aliphatic rings. The lowest BCUT2D eigenvalue weighted by Gasteiger charge is -2.41. The first-order chi connectivity index (χ1) is 8.11. The SMILES string of the molecule is CN1N=C(c2ccc(C#N)cc2)[N-]N(C)C1=S. The monoisotopic (exact) mass is 244 g/mol. The zero-order valence-corrected chi connectivity index (χ0v) is 10.3. The molecule has 86 valence electrons. The predicted molar refractivity (Wildman–Crippen MR) is 69.2 cm³/mol. The van der Waals surface area contributed by atoms with Gasteiger partial charge in [-0.15, -0.1) is 0 Å². The number of hydrazone groups is 1. The molecule has 2 rings (SSSR count). The van der Waals surface area contributed by atoms with Gasteiger partial charge in [-0.05, 0) is 35.7 Å². The third kappa shape index (κ3) is 2.19. The molecule has 0 atom stereocenters. The number of nitriles is 1. The molecule has 0 saturated heterocycles. The van der Waals surface area contributed by atoms with Gasteiger partial charge >= 0.3 is 0 Å². The van der Waals surface area contributed by atoms with Crippen LogP contribution in [0.1, 0.15) is 11.1 Å². The van der Waals surface area contributed by atoms with Gasteiger partial charge in [-0.25, -0.2) is 0 Å². The molecule has 0 amide bonds. The van der Waals surface area contributed by atoms with Crippen LogP contribution in [0.3, 0.4) is 0 Å². The van der Waals surface area contributed by atoms with Crippen molar-refractivity contribution in [2.75, 3.05) is 14.1 Å². The second kappa shape index (κ2) is 4.39. The van der Waals surface area contributed by atoms with E-state index in [2.05, 4.69) is 16.6 Å². The maximum Gasteiger partial charge on any atom is 0.177 e. The van der Waals surface area contributed by atoms with Crippen LogP contribution in [-0.2, 0) is 0 Å². The molecule has 1 aromatic carbocycles. The third-order valence-corrected chi connectivity index (χ3v) is 2.84. The van der Waals surface area contributed by atoms with Crippen LogP contribution in [0.25, 0.3) is 5.43 Å². The van der Waals surface area contributed by atoms with Crippen LogP contribution in [0, 0.1) is 11.3 Å². The van der Waals surface area contributed by atoms with Crippen LogP contribution in [0.5, 0.6) is 0 Å². The summed E-state index contributed by atoms with van der Waals surface area (Å²) in [6.07, 6.45) is 0. The second-order valence-electron chi connectivity index (χ2n) is 3.54. The van der Waals surface area contributed by atoms with Crippen molar-refractivity contribution < 1.29 is 0 Å². The molecule has 0 saturated carbocycles. The summed E-state index contributed by atoms with van der Waals surface area (Å²) in [4.78, 5) is 0. The van der Waals surface area contributed by atoms with E-state index in [1.807, 2.05) is 12.1 Å². The highest BCUT2D eigenvalue weighted by Crippen LogP contribution is 2.17. The van der Waals surface area contributed by atoms with Crippen molar-refractivity contribution in [1.82, 2.24) is 10.0 Å². The van der Waals surface area contributed by atoms with E-state index in [-0.39, 0.29) is 0 Å². The summed E-state index contributed by atoms with van der Waals surface area (Å²) in [7, 11) is 3.55. The van der Waals surface area contributed by atoms with E-state index in [4.69, 9.17) is 17.5 Å². The molecule has 0 aromatic heterocycles. The molecule has 0 unspecified atom stereocenters. The fourth-order valence-electron chi connectivity index (χ4n) is 1.41. The lowest BCUT2D eigenvalue weighted by molar-refractivity contribution is 0.453. The van der Waals surface area contributed by atoms with Crippen molar-refractivity contribution in [3.8, 4) is 6.07 Å². The smallest absolute Gasteiger partial charge is 0.177 e. The van der Waals surface area contributed by atoms with Crippen molar-refractivity contribution in [2.45, 2.75) is 0 Å². The van der Waals surface area contributed by atoms with Crippen LogP contribution in [0.4, 0.5) is 0 Å². The minimum atomic E-state index is 0.544. The van der Waals surface area contributed by atoms with Crippen LogP contribution in [0.15, 0.2) is 29.4 Å². The van der Waals surface area contributed by atoms with E-state index in [1.165, 1.54) is 0 Å². The lowest BCUT2D eigenvalue weighted by Crippen LogP contribution is -2.39. The van der Waals surface area contributed by atoms with Crippen LogP contribution < -0.4 is 0 Å². The first-order valence-electron chi connectivity index (χ1n) is 4.94. The van der Waals surface area contributed by atoms with Gasteiger partial charge in [-0.3, -0.25) is 0 Å². The molecule has 6 heteroatoms. The zero-order valence-electron chi connectivity index (χ0n) is 9.45. The average molecular weight is 244 g/mol. The lowest BCUT2D eigenvalue weighted by atomic mass is 10.1. The van der Waals surface area contributed by atoms with E-state index in [0.29, 0.717) is 16.5 Å². The van der Waals surface area contributed by atoms with Crippen molar-refractivity contribution in [3.63, 3.8) is 0 Å². The highest BCUT2D eigenvalue weighted by atomic mass is 32.1. The maximum atomic E-state index is 8.72. The summed E-state index contributed by atoms with van der Waals surface area (Å²) in [5.41, 5.74) is 5.72. The number of amidine groups is 1. The van der Waals surface area contributed by atoms with E-state index in [1.54, 1.807) is 36.2 Å². The first kappa shape index (κ1) is 11.4. The van der Waals surface area contributed by atoms with Gasteiger partial charge in [0.1, 0.15) is 0 Å². The van der Waals surface area contributed by atoms with Gasteiger partial charge in [0, 0.05) is 14.1 Å². The van der Waals surface area contributed by atoms with Crippen molar-refractivity contribution >= 4 is 23.2 Å². The third-order valence-electron chi connectivity index (χ3n) is 2.32. The van der Waals surface area contributed by atoms with Crippen LogP contribution >= 0.6 is 12.2 Å². The summed E-state index contributed by atoms with van der Waals surface area (Å²) in [5.74, 6) is 0.577. The average Bonchev–Trinajstić information content (AvgIpc) is 2.35. The molecular weight excluding hydrogens is 234 g/mol. The Bertz CT molecular complexity index is 514. The number of hydrogen-bond acceptors (Lipinski definition) is 3. The molecule has 1 aliphatic heterocycles. The molecule has 0 aliphatic carbocycles. The van der Waals surface area contributed by atoms with Gasteiger partial charge in [-0.2, -0.15) is 5.26 Å². The number of rotatable bonds is 1. The van der Waals surface area contributed by atoms with E-state index < -0.39 is 0 Å². The topological polar surface area (TPSA) is 56.7 Å². The van der Waals surface area contributed by atoms with Gasteiger partial charge in [0.25, 0.3) is 0 Å². The normalized spacial score (nSPS) is 15.1. The van der Waals surface area contributed by atoms with E-state index >= 15 is 0 Å². The molecule has 0 fully saturated rings. The van der Waals surface area contributed by atoms with Gasteiger partial charge in [0.15, 0.2) is 5.11 Å². The predicted octanol–water partition coefficient (Wildman–Crippen LogP) is 1.67. The fraction of sp³-hybridized carbons (Fsp3) is 0.182. The second-order valence-corrected chi connectivity index (χ2v) is 3.91. The Kier molecular flexibility index (Phi) is 2.93. The Hall–Kier alpha value is -2.13. The Morgan fingerprint density at radius 2 is 1.94 bits per heavy atom. The number of nitrogens with zero attached hydrogens (tertiary/aromatic N) is 5. The van der Waals surface area contributed by atoms with Crippen molar-refractivity contribution in [1.29, 1.82) is 5.26 Å². The molecule has 0 radical (unpaired) electrons. The first-order valence-corrected chi connectivity index (χ1v) is 5.35. The highest BCUT2D eigenvalue weighted by Gasteiger charge is 2.10. The Morgan fingerprint density at radius 1 is 1.29 bits per heavy atom. The Balaban J connectivity index is 2.31. The highest BCUT2D eigenvalue weighted by molar-refractivity contribution is 7.80. The molecule has 0 spiro atoms. The minimum Gasteiger partial charge on any atom is -0.371 e. The maximum absolute atomic E-state index is 8.72. The van der Waals surface area contributed by atoms with E-state index in [9.17, 15) is 0 Å². The number of thiocarbonyl (C=S) groups is 1. The summed E-state index contributed by atoms with van der Waals surface area (Å²) < 4.78 is 0. The van der Waals surface area contributed by atoms with Gasteiger partial charge < -0.3 is 20.5 Å². The van der Waals surface area contributed by atoms with Crippen molar-refractivity contribution in [2.24, 2.45) is 5.10 Å². The molecule has 1 aromatic rings.